The Morgan fingerprint density at radius 1 is 1.21 bits per heavy atom. The van der Waals surface area contributed by atoms with Crippen molar-refractivity contribution in [1.82, 2.24) is 10.2 Å². The number of nitrogens with one attached hydrogen (secondary N) is 1. The molecule has 1 saturated heterocycles. The molecule has 1 aromatic heterocycles. The minimum atomic E-state index is -0.441. The molecule has 0 spiro atoms. The van der Waals surface area contributed by atoms with Crippen LogP contribution in [0.15, 0.2) is 42.5 Å². The van der Waals surface area contributed by atoms with E-state index >= 15 is 0 Å². The van der Waals surface area contributed by atoms with E-state index in [0.717, 1.165) is 21.8 Å². The Bertz CT molecular complexity index is 1230. The molecule has 1 atom stereocenters. The number of nitro groups is 1. The van der Waals surface area contributed by atoms with Gasteiger partial charge >= 0.3 is 0 Å². The number of rotatable bonds is 8. The van der Waals surface area contributed by atoms with Gasteiger partial charge in [-0.25, -0.2) is 0 Å². The predicted octanol–water partition coefficient (Wildman–Crippen LogP) is 4.46. The molecule has 3 aromatic rings. The van der Waals surface area contributed by atoms with Gasteiger partial charge in [-0.1, -0.05) is 29.5 Å². The van der Waals surface area contributed by atoms with Gasteiger partial charge in [0.25, 0.3) is 5.69 Å². The molecule has 1 aliphatic heterocycles. The van der Waals surface area contributed by atoms with Crippen molar-refractivity contribution in [1.29, 1.82) is 0 Å². The summed E-state index contributed by atoms with van der Waals surface area (Å²) in [4.78, 5) is 36.9. The minimum absolute atomic E-state index is 0.0413. The van der Waals surface area contributed by atoms with Gasteiger partial charge in [0, 0.05) is 42.5 Å². The average molecular weight is 498 g/mol. The van der Waals surface area contributed by atoms with Crippen molar-refractivity contribution < 1.29 is 14.5 Å². The van der Waals surface area contributed by atoms with E-state index in [-0.39, 0.29) is 29.2 Å². The van der Waals surface area contributed by atoms with Gasteiger partial charge in [0.05, 0.1) is 10.7 Å². The summed E-state index contributed by atoms with van der Waals surface area (Å²) in [6.07, 6.45) is 0.362. The first-order chi connectivity index (χ1) is 16.3. The summed E-state index contributed by atoms with van der Waals surface area (Å²) in [5.41, 5.74) is 4.16. The second-order valence-electron chi connectivity index (χ2n) is 8.08. The van der Waals surface area contributed by atoms with Gasteiger partial charge in [0.1, 0.15) is 5.01 Å². The molecule has 2 amide bonds. The smallest absolute Gasteiger partial charge is 0.269 e. The lowest BCUT2D eigenvalue weighted by Gasteiger charge is -2.17. The van der Waals surface area contributed by atoms with E-state index in [9.17, 15) is 19.7 Å². The van der Waals surface area contributed by atoms with Gasteiger partial charge in [-0.2, -0.15) is 0 Å². The number of benzene rings is 2. The Labute approximate surface area is 204 Å². The maximum atomic E-state index is 12.6. The van der Waals surface area contributed by atoms with Crippen LogP contribution in [0.1, 0.15) is 34.0 Å². The third-order valence-corrected chi connectivity index (χ3v) is 7.62. The first-order valence-electron chi connectivity index (χ1n) is 10.6. The van der Waals surface area contributed by atoms with Crippen LogP contribution < -0.4 is 10.2 Å². The maximum Gasteiger partial charge on any atom is 0.269 e. The second-order valence-corrected chi connectivity index (χ2v) is 10.1. The fraction of sp³-hybridized carbons (Fsp3) is 0.304. The van der Waals surface area contributed by atoms with E-state index in [2.05, 4.69) is 15.5 Å². The highest BCUT2D eigenvalue weighted by Gasteiger charge is 2.34. The molecule has 34 heavy (non-hydrogen) atoms. The van der Waals surface area contributed by atoms with Gasteiger partial charge in [-0.15, -0.1) is 22.0 Å². The molecular weight excluding hydrogens is 474 g/mol. The van der Waals surface area contributed by atoms with Crippen molar-refractivity contribution >= 4 is 51.4 Å². The van der Waals surface area contributed by atoms with Crippen LogP contribution in [0.5, 0.6) is 0 Å². The minimum Gasteiger partial charge on any atom is -0.312 e. The first kappa shape index (κ1) is 23.8. The molecule has 1 N–H and O–H groups in total. The van der Waals surface area contributed by atoms with E-state index in [1.807, 2.05) is 32.0 Å². The summed E-state index contributed by atoms with van der Waals surface area (Å²) in [7, 11) is 0. The Balaban J connectivity index is 1.28. The van der Waals surface area contributed by atoms with Crippen molar-refractivity contribution in [3.05, 3.63) is 74.3 Å². The van der Waals surface area contributed by atoms with Gasteiger partial charge in [-0.3, -0.25) is 25.0 Å². The summed E-state index contributed by atoms with van der Waals surface area (Å²) in [6.45, 7) is 4.61. The quantitative estimate of drug-likeness (QED) is 0.361. The van der Waals surface area contributed by atoms with Crippen molar-refractivity contribution in [2.24, 2.45) is 0 Å². The van der Waals surface area contributed by atoms with Gasteiger partial charge < -0.3 is 4.90 Å². The highest BCUT2D eigenvalue weighted by molar-refractivity contribution is 7.99. The number of aromatic nitrogens is 2. The number of non-ortho nitro benzene ring substituents is 1. The van der Waals surface area contributed by atoms with Crippen LogP contribution in [0, 0.1) is 24.0 Å². The Morgan fingerprint density at radius 3 is 2.68 bits per heavy atom. The monoisotopic (exact) mass is 497 g/mol. The number of carbonyl (C=O) groups is 2. The predicted molar refractivity (Wildman–Crippen MR) is 133 cm³/mol. The summed E-state index contributed by atoms with van der Waals surface area (Å²) in [5, 5.41) is 22.9. The number of hydrogen-bond acceptors (Lipinski definition) is 8. The summed E-state index contributed by atoms with van der Waals surface area (Å²) >= 11 is 2.69. The largest absolute Gasteiger partial charge is 0.312 e. The van der Waals surface area contributed by atoms with Crippen molar-refractivity contribution in [2.75, 3.05) is 22.5 Å². The van der Waals surface area contributed by atoms with E-state index < -0.39 is 4.92 Å². The lowest BCUT2D eigenvalue weighted by Crippen LogP contribution is -2.24. The molecule has 0 saturated carbocycles. The zero-order valence-electron chi connectivity index (χ0n) is 18.7. The number of hydrogen-bond donors (Lipinski definition) is 1. The van der Waals surface area contributed by atoms with Gasteiger partial charge in [-0.05, 0) is 42.7 Å². The topological polar surface area (TPSA) is 118 Å². The van der Waals surface area contributed by atoms with Crippen LogP contribution in [-0.2, 0) is 15.3 Å². The molecule has 0 bridgehead atoms. The molecule has 1 aliphatic rings. The van der Waals surface area contributed by atoms with Crippen LogP contribution in [0.25, 0.3) is 0 Å². The van der Waals surface area contributed by atoms with E-state index in [0.29, 0.717) is 23.8 Å². The number of thioether (sulfide) groups is 1. The molecule has 0 aliphatic carbocycles. The fourth-order valence-electron chi connectivity index (χ4n) is 3.60. The Kier molecular flexibility index (Phi) is 7.23. The number of anilines is 2. The molecule has 2 heterocycles. The van der Waals surface area contributed by atoms with Crippen LogP contribution in [0.3, 0.4) is 0 Å². The van der Waals surface area contributed by atoms with Crippen LogP contribution >= 0.6 is 23.1 Å². The number of nitrogens with zero attached hydrogens (tertiary/aromatic N) is 4. The highest BCUT2D eigenvalue weighted by Crippen LogP contribution is 2.34. The van der Waals surface area contributed by atoms with Crippen LogP contribution in [0.4, 0.5) is 16.5 Å². The standard InChI is InChI=1S/C23H23N5O4S2/c1-14-3-6-19(9-15(14)2)27-11-17(10-21(27)30)22-25-26-23(34-22)24-20(29)13-33-12-16-4-7-18(8-5-16)28(31)32/h3-9,17H,10-13H2,1-2H3,(H,24,26,29). The SMILES string of the molecule is Cc1ccc(N2CC(c3nnc(NC(=O)CSCc4ccc([N+](=O)[O-])cc4)s3)CC2=O)cc1C. The van der Waals surface area contributed by atoms with Crippen LogP contribution in [0.2, 0.25) is 0 Å². The summed E-state index contributed by atoms with van der Waals surface area (Å²) in [6, 6.07) is 12.3. The first-order valence-corrected chi connectivity index (χ1v) is 12.6. The van der Waals surface area contributed by atoms with E-state index in [1.54, 1.807) is 17.0 Å². The number of amides is 2. The lowest BCUT2D eigenvalue weighted by molar-refractivity contribution is -0.384. The third-order valence-electron chi connectivity index (χ3n) is 5.61. The number of carbonyl (C=O) groups excluding carboxylic acids is 2. The normalized spacial score (nSPS) is 15.5. The Hall–Kier alpha value is -3.31. The average Bonchev–Trinajstić information content (AvgIpc) is 3.42. The Morgan fingerprint density at radius 2 is 1.97 bits per heavy atom. The molecular formula is C23H23N5O4S2. The fourth-order valence-corrected chi connectivity index (χ4v) is 5.24. The zero-order valence-corrected chi connectivity index (χ0v) is 20.3. The van der Waals surface area contributed by atoms with Crippen molar-refractivity contribution in [2.45, 2.75) is 31.9 Å². The summed E-state index contributed by atoms with van der Waals surface area (Å²) < 4.78 is 0. The van der Waals surface area contributed by atoms with Gasteiger partial charge in [0.15, 0.2) is 0 Å². The lowest BCUT2D eigenvalue weighted by atomic mass is 10.1. The number of aryl methyl sites for hydroxylation is 2. The molecule has 1 fully saturated rings. The molecule has 1 unspecified atom stereocenters. The molecule has 4 rings (SSSR count). The van der Waals surface area contributed by atoms with E-state index in [1.165, 1.54) is 40.8 Å². The maximum absolute atomic E-state index is 12.6. The molecule has 176 valence electrons. The molecule has 9 nitrogen and oxygen atoms in total. The molecule has 0 radical (unpaired) electrons. The number of nitro benzene ring substituents is 1. The van der Waals surface area contributed by atoms with Gasteiger partial charge in [0.2, 0.25) is 16.9 Å². The zero-order chi connectivity index (χ0) is 24.2. The third kappa shape index (κ3) is 5.60. The van der Waals surface area contributed by atoms with Crippen molar-refractivity contribution in [3.8, 4) is 0 Å². The molecule has 11 heteroatoms. The second kappa shape index (κ2) is 10.3. The summed E-state index contributed by atoms with van der Waals surface area (Å²) in [5.74, 6) is 0.568. The van der Waals surface area contributed by atoms with Crippen LogP contribution in [-0.4, -0.2) is 39.2 Å². The van der Waals surface area contributed by atoms with Crippen molar-refractivity contribution in [3.63, 3.8) is 0 Å². The highest BCUT2D eigenvalue weighted by atomic mass is 32.2. The molecule has 2 aromatic carbocycles. The van der Waals surface area contributed by atoms with E-state index in [4.69, 9.17) is 0 Å².